The van der Waals surface area contributed by atoms with Gasteiger partial charge in [-0.25, -0.2) is 0 Å². The molecule has 4 nitrogen and oxygen atoms in total. The maximum atomic E-state index is 5.82. The zero-order valence-corrected chi connectivity index (χ0v) is 16.2. The summed E-state index contributed by atoms with van der Waals surface area (Å²) in [6.45, 7) is 6.38. The van der Waals surface area contributed by atoms with E-state index in [-0.39, 0.29) is 0 Å². The largest absolute Gasteiger partial charge is 0.314 e. The molecule has 2 fully saturated rings. The van der Waals surface area contributed by atoms with Crippen LogP contribution in [0.4, 0.5) is 0 Å². The van der Waals surface area contributed by atoms with Crippen molar-refractivity contribution < 1.29 is 4.90 Å². The number of hydrogen-bond acceptors (Lipinski definition) is 2. The molecule has 1 aromatic heterocycles. The maximum Gasteiger partial charge on any atom is 0.207 e. The first-order chi connectivity index (χ1) is 12.1. The third-order valence-corrected chi connectivity index (χ3v) is 6.61. The van der Waals surface area contributed by atoms with Crippen molar-refractivity contribution in [1.29, 1.82) is 0 Å². The van der Waals surface area contributed by atoms with Crippen LogP contribution in [0, 0.1) is 24.5 Å². The van der Waals surface area contributed by atoms with Crippen molar-refractivity contribution in [3.8, 4) is 5.69 Å². The van der Waals surface area contributed by atoms with E-state index < -0.39 is 0 Å². The lowest BCUT2D eigenvalue weighted by atomic mass is 9.78. The van der Waals surface area contributed by atoms with Crippen LogP contribution < -0.4 is 4.90 Å². The SMILES string of the molecule is Cc1ccccc1-n1c(C)nn(C[NH+]2CCC[C@H]3CCCC[C@@H]32)c1=S. The van der Waals surface area contributed by atoms with Crippen molar-refractivity contribution in [3.05, 3.63) is 40.4 Å². The van der Waals surface area contributed by atoms with Crippen molar-refractivity contribution in [3.63, 3.8) is 0 Å². The molecular formula is C20H29N4S+. The van der Waals surface area contributed by atoms with Gasteiger partial charge in [0.2, 0.25) is 4.77 Å². The van der Waals surface area contributed by atoms with E-state index in [9.17, 15) is 0 Å². The molecule has 5 heteroatoms. The van der Waals surface area contributed by atoms with E-state index >= 15 is 0 Å². The second kappa shape index (κ2) is 7.04. The normalized spacial score (nSPS) is 26.4. The number of nitrogens with one attached hydrogen (secondary N) is 1. The van der Waals surface area contributed by atoms with Crippen LogP contribution in [-0.2, 0) is 6.67 Å². The molecule has 25 heavy (non-hydrogen) atoms. The van der Waals surface area contributed by atoms with Crippen LogP contribution in [-0.4, -0.2) is 26.9 Å². The Hall–Kier alpha value is -1.46. The quantitative estimate of drug-likeness (QED) is 0.854. The number of aryl methyl sites for hydroxylation is 2. The number of likely N-dealkylation sites (tertiary alicyclic amines) is 1. The van der Waals surface area contributed by atoms with Crippen molar-refractivity contribution >= 4 is 12.2 Å². The second-order valence-electron chi connectivity index (χ2n) is 7.81. The van der Waals surface area contributed by atoms with Gasteiger partial charge in [0.25, 0.3) is 0 Å². The molecule has 1 aliphatic heterocycles. The standard InChI is InChI=1S/C20H28N4S/c1-15-8-3-5-11-18(15)24-16(2)21-23(20(24)25)14-22-13-7-10-17-9-4-6-12-19(17)22/h3,5,8,11,17,19H,4,6-7,9-10,12-14H2,1-2H3/p+1/t17-,19+/m1/s1. The average Bonchev–Trinajstić information content (AvgIpc) is 2.90. The van der Waals surface area contributed by atoms with Gasteiger partial charge in [-0.3, -0.25) is 4.57 Å². The number of aromatic nitrogens is 3. The van der Waals surface area contributed by atoms with E-state index in [4.69, 9.17) is 17.3 Å². The number of fused-ring (bicyclic) bond motifs is 1. The molecule has 0 bridgehead atoms. The van der Waals surface area contributed by atoms with Crippen LogP contribution in [0.3, 0.4) is 0 Å². The van der Waals surface area contributed by atoms with Crippen molar-refractivity contribution in [2.24, 2.45) is 5.92 Å². The summed E-state index contributed by atoms with van der Waals surface area (Å²) in [5.41, 5.74) is 2.39. The Labute approximate surface area is 155 Å². The topological polar surface area (TPSA) is 27.2 Å². The molecule has 0 spiro atoms. The van der Waals surface area contributed by atoms with E-state index in [1.54, 1.807) is 4.90 Å². The Kier molecular flexibility index (Phi) is 4.78. The van der Waals surface area contributed by atoms with E-state index in [1.807, 2.05) is 0 Å². The van der Waals surface area contributed by atoms with Crippen molar-refractivity contribution in [2.75, 3.05) is 6.54 Å². The Morgan fingerprint density at radius 2 is 1.88 bits per heavy atom. The Balaban J connectivity index is 1.63. The van der Waals surface area contributed by atoms with Gasteiger partial charge in [-0.2, -0.15) is 9.78 Å². The van der Waals surface area contributed by atoms with E-state index in [0.29, 0.717) is 0 Å². The van der Waals surface area contributed by atoms with Gasteiger partial charge < -0.3 is 4.90 Å². The summed E-state index contributed by atoms with van der Waals surface area (Å²) < 4.78 is 5.03. The maximum absolute atomic E-state index is 5.82. The molecule has 1 N–H and O–H groups in total. The zero-order valence-electron chi connectivity index (χ0n) is 15.4. The number of rotatable bonds is 3. The van der Waals surface area contributed by atoms with Gasteiger partial charge in [0.15, 0.2) is 6.67 Å². The lowest BCUT2D eigenvalue weighted by molar-refractivity contribution is -0.958. The molecule has 4 rings (SSSR count). The molecule has 1 aliphatic carbocycles. The summed E-state index contributed by atoms with van der Waals surface area (Å²) in [6, 6.07) is 9.23. The predicted octanol–water partition coefficient (Wildman–Crippen LogP) is 3.22. The minimum absolute atomic E-state index is 0.813. The van der Waals surface area contributed by atoms with E-state index in [1.165, 1.54) is 50.6 Å². The lowest BCUT2D eigenvalue weighted by Gasteiger charge is -2.40. The van der Waals surface area contributed by atoms with Gasteiger partial charge >= 0.3 is 0 Å². The molecule has 134 valence electrons. The molecule has 1 saturated heterocycles. The lowest BCUT2D eigenvalue weighted by Crippen LogP contribution is -3.17. The highest BCUT2D eigenvalue weighted by Gasteiger charge is 2.36. The molecule has 2 heterocycles. The summed E-state index contributed by atoms with van der Waals surface area (Å²) >= 11 is 5.82. The van der Waals surface area contributed by atoms with Crippen molar-refractivity contribution in [1.82, 2.24) is 14.3 Å². The first-order valence-corrected chi connectivity index (χ1v) is 10.1. The highest BCUT2D eigenvalue weighted by molar-refractivity contribution is 7.71. The van der Waals surface area contributed by atoms with Crippen LogP contribution in [0.1, 0.15) is 49.9 Å². The van der Waals surface area contributed by atoms with Gasteiger partial charge in [0.05, 0.1) is 18.3 Å². The summed E-state index contributed by atoms with van der Waals surface area (Å²) in [7, 11) is 0. The summed E-state index contributed by atoms with van der Waals surface area (Å²) in [5.74, 6) is 1.90. The van der Waals surface area contributed by atoms with Crippen LogP contribution >= 0.6 is 12.2 Å². The number of hydrogen-bond donors (Lipinski definition) is 1. The fourth-order valence-electron chi connectivity index (χ4n) is 4.97. The molecule has 0 radical (unpaired) electrons. The van der Waals surface area contributed by atoms with E-state index in [0.717, 1.165) is 34.9 Å². The van der Waals surface area contributed by atoms with Crippen LogP contribution in [0.25, 0.3) is 5.69 Å². The first kappa shape index (κ1) is 17.0. The van der Waals surface area contributed by atoms with Gasteiger partial charge in [0.1, 0.15) is 5.82 Å². The van der Waals surface area contributed by atoms with Crippen molar-refractivity contribution in [2.45, 2.75) is 65.1 Å². The van der Waals surface area contributed by atoms with Crippen LogP contribution in [0.15, 0.2) is 24.3 Å². The smallest absolute Gasteiger partial charge is 0.207 e. The third kappa shape index (κ3) is 3.20. The summed E-state index contributed by atoms with van der Waals surface area (Å²) in [4.78, 5) is 1.70. The first-order valence-electron chi connectivity index (χ1n) is 9.72. The molecule has 2 aromatic rings. The zero-order chi connectivity index (χ0) is 17.4. The second-order valence-corrected chi connectivity index (χ2v) is 8.18. The highest BCUT2D eigenvalue weighted by atomic mass is 32.1. The van der Waals surface area contributed by atoms with Gasteiger partial charge in [0, 0.05) is 5.92 Å². The van der Waals surface area contributed by atoms with Gasteiger partial charge in [-0.15, -0.1) is 0 Å². The fourth-order valence-corrected chi connectivity index (χ4v) is 5.30. The number of para-hydroxylation sites is 1. The van der Waals surface area contributed by atoms with Gasteiger partial charge in [-0.1, -0.05) is 24.6 Å². The molecule has 2 aliphatic rings. The molecule has 1 aromatic carbocycles. The Morgan fingerprint density at radius 1 is 1.12 bits per heavy atom. The number of benzene rings is 1. The monoisotopic (exact) mass is 357 g/mol. The predicted molar refractivity (Wildman–Crippen MR) is 103 cm³/mol. The average molecular weight is 358 g/mol. The molecule has 1 unspecified atom stereocenters. The van der Waals surface area contributed by atoms with Crippen LogP contribution in [0.5, 0.6) is 0 Å². The van der Waals surface area contributed by atoms with Crippen LogP contribution in [0.2, 0.25) is 0 Å². The van der Waals surface area contributed by atoms with E-state index in [2.05, 4.69) is 47.4 Å². The fraction of sp³-hybridized carbons (Fsp3) is 0.600. The summed E-state index contributed by atoms with van der Waals surface area (Å²) in [6.07, 6.45) is 8.40. The molecule has 0 amide bonds. The summed E-state index contributed by atoms with van der Waals surface area (Å²) in [5, 5.41) is 4.81. The highest BCUT2D eigenvalue weighted by Crippen LogP contribution is 2.28. The molecule has 3 atom stereocenters. The Bertz CT molecular complexity index is 804. The number of nitrogens with zero attached hydrogens (tertiary/aromatic N) is 3. The minimum atomic E-state index is 0.813. The minimum Gasteiger partial charge on any atom is -0.314 e. The molecular weight excluding hydrogens is 328 g/mol. The molecule has 1 saturated carbocycles. The Morgan fingerprint density at radius 3 is 2.72 bits per heavy atom. The number of piperidine rings is 1. The van der Waals surface area contributed by atoms with Gasteiger partial charge in [-0.05, 0) is 69.8 Å². The third-order valence-electron chi connectivity index (χ3n) is 6.22. The number of quaternary nitrogens is 1.